The number of aryl methyl sites for hydroxylation is 1. The van der Waals surface area contributed by atoms with E-state index in [1.807, 2.05) is 31.5 Å². The highest BCUT2D eigenvalue weighted by Gasteiger charge is 2.47. The summed E-state index contributed by atoms with van der Waals surface area (Å²) in [5, 5.41) is 8.09. The van der Waals surface area contributed by atoms with E-state index in [1.54, 1.807) is 18.5 Å². The first-order chi connectivity index (χ1) is 19.0. The maximum atomic E-state index is 14.3. The van der Waals surface area contributed by atoms with E-state index in [0.29, 0.717) is 36.4 Å². The van der Waals surface area contributed by atoms with Crippen LogP contribution in [0.4, 0.5) is 19.0 Å². The van der Waals surface area contributed by atoms with E-state index in [9.17, 15) is 18.0 Å². The quantitative estimate of drug-likeness (QED) is 0.385. The predicted molar refractivity (Wildman–Crippen MR) is 142 cm³/mol. The minimum absolute atomic E-state index is 0.00127. The van der Waals surface area contributed by atoms with Crippen LogP contribution in [-0.2, 0) is 32.7 Å². The van der Waals surface area contributed by atoms with Crippen molar-refractivity contribution in [2.45, 2.75) is 64.7 Å². The van der Waals surface area contributed by atoms with E-state index >= 15 is 0 Å². The summed E-state index contributed by atoms with van der Waals surface area (Å²) in [4.78, 5) is 21.7. The molecule has 8 nitrogen and oxygen atoms in total. The number of pyridine rings is 1. The Hall–Kier alpha value is -3.47. The van der Waals surface area contributed by atoms with E-state index in [0.717, 1.165) is 30.9 Å². The number of halogens is 3. The molecular weight excluding hydrogens is 521 g/mol. The smallest absolute Gasteiger partial charge is 0.416 e. The standard InChI is InChI=1S/C29H33F3N6O2/c1-4-40-26-13-20(18(2)9-25-35-33-17-36(25)3)12-24(34-26)38-15-22-21(27(38)39)10-19(11-23(22)29(30,31)32)14-37-8-7-28(16-37)5-6-28/h10-13,17-18H,4-9,14-16H2,1-3H3/t18-/m1/s1. The minimum Gasteiger partial charge on any atom is -0.478 e. The van der Waals surface area contributed by atoms with Crippen molar-refractivity contribution >= 4 is 11.7 Å². The molecule has 1 amide bonds. The number of amides is 1. The van der Waals surface area contributed by atoms with Crippen molar-refractivity contribution in [3.63, 3.8) is 0 Å². The molecule has 1 spiro atoms. The first-order valence-electron chi connectivity index (χ1n) is 13.8. The third-order valence-electron chi connectivity index (χ3n) is 8.53. The molecule has 40 heavy (non-hydrogen) atoms. The molecule has 0 N–H and O–H groups in total. The number of alkyl halides is 3. The molecule has 2 fully saturated rings. The Balaban J connectivity index is 1.32. The van der Waals surface area contributed by atoms with Gasteiger partial charge < -0.3 is 9.30 Å². The van der Waals surface area contributed by atoms with E-state index < -0.39 is 17.6 Å². The Labute approximate surface area is 231 Å². The number of aromatic nitrogens is 4. The molecule has 1 aliphatic carbocycles. The summed E-state index contributed by atoms with van der Waals surface area (Å²) in [7, 11) is 1.87. The van der Waals surface area contributed by atoms with E-state index in [-0.39, 0.29) is 29.4 Å². The van der Waals surface area contributed by atoms with Gasteiger partial charge in [-0.2, -0.15) is 18.2 Å². The molecule has 2 aromatic heterocycles. The average Bonchev–Trinajstić information content (AvgIpc) is 3.17. The van der Waals surface area contributed by atoms with Crippen LogP contribution >= 0.6 is 0 Å². The highest BCUT2D eigenvalue weighted by Crippen LogP contribution is 2.53. The van der Waals surface area contributed by atoms with Crippen LogP contribution in [0, 0.1) is 5.41 Å². The third kappa shape index (κ3) is 5.07. The molecule has 1 saturated heterocycles. The van der Waals surface area contributed by atoms with Crippen LogP contribution in [0.1, 0.15) is 77.5 Å². The Morgan fingerprint density at radius 1 is 1.15 bits per heavy atom. The van der Waals surface area contributed by atoms with Crippen LogP contribution in [0.3, 0.4) is 0 Å². The molecule has 212 valence electrons. The molecule has 1 saturated carbocycles. The maximum absolute atomic E-state index is 14.3. The van der Waals surface area contributed by atoms with Crippen molar-refractivity contribution in [1.29, 1.82) is 0 Å². The average molecular weight is 555 g/mol. The lowest BCUT2D eigenvalue weighted by Crippen LogP contribution is -2.25. The van der Waals surface area contributed by atoms with Crippen molar-refractivity contribution in [2.24, 2.45) is 12.5 Å². The first-order valence-corrected chi connectivity index (χ1v) is 13.8. The number of rotatable bonds is 8. The number of likely N-dealkylation sites (tertiary alicyclic amines) is 1. The number of anilines is 1. The van der Waals surface area contributed by atoms with Crippen molar-refractivity contribution in [1.82, 2.24) is 24.6 Å². The number of carbonyl (C=O) groups is 1. The summed E-state index contributed by atoms with van der Waals surface area (Å²) in [6, 6.07) is 6.45. The van der Waals surface area contributed by atoms with Gasteiger partial charge in [0.2, 0.25) is 5.88 Å². The van der Waals surface area contributed by atoms with Crippen LogP contribution in [0.25, 0.3) is 0 Å². The summed E-state index contributed by atoms with van der Waals surface area (Å²) < 4.78 is 50.4. The van der Waals surface area contributed by atoms with Gasteiger partial charge in [-0.1, -0.05) is 6.92 Å². The van der Waals surface area contributed by atoms with Crippen molar-refractivity contribution < 1.29 is 22.7 Å². The molecule has 11 heteroatoms. The van der Waals surface area contributed by atoms with Gasteiger partial charge in [0.25, 0.3) is 5.91 Å². The van der Waals surface area contributed by atoms with Gasteiger partial charge in [-0.3, -0.25) is 14.6 Å². The second-order valence-electron chi connectivity index (χ2n) is 11.5. The van der Waals surface area contributed by atoms with Gasteiger partial charge in [-0.05, 0) is 79.0 Å². The van der Waals surface area contributed by atoms with Crippen molar-refractivity contribution in [3.05, 3.63) is 64.2 Å². The van der Waals surface area contributed by atoms with Crippen LogP contribution in [-0.4, -0.2) is 50.3 Å². The minimum atomic E-state index is -4.57. The number of nitrogens with zero attached hydrogens (tertiary/aromatic N) is 6. The highest BCUT2D eigenvalue weighted by atomic mass is 19.4. The zero-order valence-corrected chi connectivity index (χ0v) is 23.0. The SMILES string of the molecule is CCOc1cc([C@H](C)Cc2nncn2C)cc(N2Cc3c(cc(CN4CCC5(CC5)C4)cc3C(F)(F)F)C2=O)n1. The summed E-state index contributed by atoms with van der Waals surface area (Å²) >= 11 is 0. The topological polar surface area (TPSA) is 76.4 Å². The Morgan fingerprint density at radius 2 is 1.95 bits per heavy atom. The number of hydrogen-bond acceptors (Lipinski definition) is 6. The third-order valence-corrected chi connectivity index (χ3v) is 8.53. The molecular formula is C29H33F3N6O2. The van der Waals surface area contributed by atoms with Crippen LogP contribution in [0.5, 0.6) is 5.88 Å². The highest BCUT2D eigenvalue weighted by molar-refractivity contribution is 6.10. The summed E-state index contributed by atoms with van der Waals surface area (Å²) in [6.45, 7) is 6.21. The van der Waals surface area contributed by atoms with Gasteiger partial charge in [0.1, 0.15) is 18.0 Å². The number of benzene rings is 1. The number of ether oxygens (including phenoxy) is 1. The lowest BCUT2D eigenvalue weighted by Gasteiger charge is -2.20. The first kappa shape index (κ1) is 26.7. The molecule has 0 unspecified atom stereocenters. The predicted octanol–water partition coefficient (Wildman–Crippen LogP) is 5.12. The van der Waals surface area contributed by atoms with Crippen LogP contribution in [0.15, 0.2) is 30.6 Å². The monoisotopic (exact) mass is 554 g/mol. The normalized spacial score (nSPS) is 18.9. The molecule has 4 heterocycles. The van der Waals surface area contributed by atoms with Gasteiger partial charge >= 0.3 is 6.18 Å². The molecule has 3 aliphatic rings. The second kappa shape index (κ2) is 9.87. The molecule has 1 aromatic carbocycles. The number of fused-ring (bicyclic) bond motifs is 1. The fourth-order valence-corrected chi connectivity index (χ4v) is 6.04. The molecule has 3 aromatic rings. The Bertz CT molecular complexity index is 1450. The van der Waals surface area contributed by atoms with Gasteiger partial charge in [0.05, 0.1) is 18.7 Å². The van der Waals surface area contributed by atoms with Crippen molar-refractivity contribution in [2.75, 3.05) is 24.6 Å². The molecule has 0 radical (unpaired) electrons. The summed E-state index contributed by atoms with van der Waals surface area (Å²) in [6.07, 6.45) is 1.13. The van der Waals surface area contributed by atoms with Gasteiger partial charge in [-0.25, -0.2) is 0 Å². The zero-order valence-electron chi connectivity index (χ0n) is 23.0. The van der Waals surface area contributed by atoms with E-state index in [1.165, 1.54) is 23.8 Å². The largest absolute Gasteiger partial charge is 0.478 e. The Kier molecular flexibility index (Phi) is 6.59. The summed E-state index contributed by atoms with van der Waals surface area (Å²) in [5.74, 6) is 0.883. The Morgan fingerprint density at radius 3 is 2.60 bits per heavy atom. The second-order valence-corrected chi connectivity index (χ2v) is 11.5. The van der Waals surface area contributed by atoms with Gasteiger partial charge in [0, 0.05) is 38.2 Å². The fraction of sp³-hybridized carbons (Fsp3) is 0.517. The lowest BCUT2D eigenvalue weighted by molar-refractivity contribution is -0.138. The molecule has 1 atom stereocenters. The van der Waals surface area contributed by atoms with Gasteiger partial charge in [-0.15, -0.1) is 10.2 Å². The maximum Gasteiger partial charge on any atom is 0.416 e. The zero-order chi connectivity index (χ0) is 28.2. The fourth-order valence-electron chi connectivity index (χ4n) is 6.04. The van der Waals surface area contributed by atoms with E-state index in [2.05, 4.69) is 20.1 Å². The number of hydrogen-bond donors (Lipinski definition) is 0. The summed E-state index contributed by atoms with van der Waals surface area (Å²) in [5.41, 5.74) is 1.09. The van der Waals surface area contributed by atoms with Gasteiger partial charge in [0.15, 0.2) is 0 Å². The van der Waals surface area contributed by atoms with Crippen molar-refractivity contribution in [3.8, 4) is 5.88 Å². The molecule has 0 bridgehead atoms. The van der Waals surface area contributed by atoms with Crippen LogP contribution < -0.4 is 9.64 Å². The lowest BCUT2D eigenvalue weighted by atomic mass is 9.98. The molecule has 2 aliphatic heterocycles. The van der Waals surface area contributed by atoms with E-state index in [4.69, 9.17) is 4.74 Å². The molecule has 6 rings (SSSR count). The number of carbonyl (C=O) groups excluding carboxylic acids is 1. The van der Waals surface area contributed by atoms with Crippen LogP contribution in [0.2, 0.25) is 0 Å².